The summed E-state index contributed by atoms with van der Waals surface area (Å²) in [4.78, 5) is 21.8. The van der Waals surface area contributed by atoms with Crippen molar-refractivity contribution in [2.75, 3.05) is 44.3 Å². The van der Waals surface area contributed by atoms with Crippen LogP contribution in [-0.4, -0.2) is 65.0 Å². The number of nitrogens with zero attached hydrogens (tertiary/aromatic N) is 5. The van der Waals surface area contributed by atoms with Gasteiger partial charge in [-0.15, -0.1) is 12.4 Å². The van der Waals surface area contributed by atoms with Crippen LogP contribution in [0.1, 0.15) is 36.1 Å². The molecule has 2 aromatic heterocycles. The summed E-state index contributed by atoms with van der Waals surface area (Å²) in [5.41, 5.74) is 1.60. The number of para-hydroxylation sites is 1. The van der Waals surface area contributed by atoms with Crippen molar-refractivity contribution in [1.82, 2.24) is 19.7 Å². The molecule has 0 bridgehead atoms. The Bertz CT molecular complexity index is 1050. The molecular weight excluding hydrogens is 441 g/mol. The average molecular weight is 468 g/mol. The van der Waals surface area contributed by atoms with Crippen molar-refractivity contribution in [2.45, 2.75) is 26.8 Å². The number of anilines is 1. The normalized spacial score (nSPS) is 14.7. The summed E-state index contributed by atoms with van der Waals surface area (Å²) >= 11 is 1.32. The highest BCUT2D eigenvalue weighted by Gasteiger charge is 2.26. The Kier molecular flexibility index (Phi) is 7.64. The fraction of sp³-hybridized carbons (Fsp3) is 0.476. The molecule has 168 valence electrons. The number of hydrogen-bond donors (Lipinski definition) is 0. The molecule has 1 aliphatic heterocycles. The van der Waals surface area contributed by atoms with Gasteiger partial charge < -0.3 is 4.74 Å². The Balaban J connectivity index is 0.00000272. The van der Waals surface area contributed by atoms with Gasteiger partial charge in [-0.3, -0.25) is 19.3 Å². The van der Waals surface area contributed by atoms with Crippen LogP contribution in [0.5, 0.6) is 0 Å². The molecule has 4 rings (SSSR count). The molecule has 0 unspecified atom stereocenters. The molecule has 0 spiro atoms. The number of halogens is 2. The van der Waals surface area contributed by atoms with Gasteiger partial charge in [0.2, 0.25) is 0 Å². The molecule has 0 saturated carbocycles. The lowest BCUT2D eigenvalue weighted by atomic mass is 10.3. The Morgan fingerprint density at radius 1 is 1.32 bits per heavy atom. The standard InChI is InChI=1S/C21H26FN5O2S.ClH/c1-14(2)27-15(3)13-17(24-27)20(28)26(8-7-25-9-11-29-12-10-25)21-23-19-16(22)5-4-6-18(19)30-21;/h4-6,13-14H,7-12H2,1-3H3;1H. The van der Waals surface area contributed by atoms with E-state index in [9.17, 15) is 9.18 Å². The summed E-state index contributed by atoms with van der Waals surface area (Å²) in [6.45, 7) is 10.2. The van der Waals surface area contributed by atoms with Crippen molar-refractivity contribution in [3.05, 3.63) is 41.5 Å². The first kappa shape index (κ1) is 23.6. The zero-order chi connectivity index (χ0) is 21.3. The minimum atomic E-state index is -0.379. The number of aryl methyl sites for hydroxylation is 1. The van der Waals surface area contributed by atoms with Crippen LogP contribution in [0, 0.1) is 12.7 Å². The second-order valence-corrected chi connectivity index (χ2v) is 8.71. The van der Waals surface area contributed by atoms with E-state index in [2.05, 4.69) is 15.0 Å². The molecule has 1 fully saturated rings. The number of morpholine rings is 1. The third-order valence-electron chi connectivity index (χ3n) is 5.21. The molecule has 0 radical (unpaired) electrons. The van der Waals surface area contributed by atoms with Crippen molar-refractivity contribution in [3.8, 4) is 0 Å². The minimum Gasteiger partial charge on any atom is -0.379 e. The molecule has 0 aliphatic carbocycles. The van der Waals surface area contributed by atoms with Gasteiger partial charge in [0.05, 0.1) is 17.9 Å². The fourth-order valence-electron chi connectivity index (χ4n) is 3.62. The molecule has 1 amide bonds. The quantitative estimate of drug-likeness (QED) is 0.549. The van der Waals surface area contributed by atoms with Crippen molar-refractivity contribution < 1.29 is 13.9 Å². The lowest BCUT2D eigenvalue weighted by Gasteiger charge is -2.29. The van der Waals surface area contributed by atoms with E-state index < -0.39 is 0 Å². The molecule has 7 nitrogen and oxygen atoms in total. The van der Waals surface area contributed by atoms with Gasteiger partial charge >= 0.3 is 0 Å². The average Bonchev–Trinajstić information content (AvgIpc) is 3.33. The number of hydrogen-bond acceptors (Lipinski definition) is 6. The predicted molar refractivity (Wildman–Crippen MR) is 123 cm³/mol. The molecule has 3 aromatic rings. The Hall–Kier alpha value is -2.07. The zero-order valence-corrected chi connectivity index (χ0v) is 19.5. The van der Waals surface area contributed by atoms with E-state index >= 15 is 0 Å². The van der Waals surface area contributed by atoms with Gasteiger partial charge in [-0.05, 0) is 39.0 Å². The summed E-state index contributed by atoms with van der Waals surface area (Å²) in [5, 5.41) is 5.01. The number of fused-ring (bicyclic) bond motifs is 1. The Morgan fingerprint density at radius 2 is 2.06 bits per heavy atom. The summed E-state index contributed by atoms with van der Waals surface area (Å²) in [6.07, 6.45) is 0. The molecule has 31 heavy (non-hydrogen) atoms. The van der Waals surface area contributed by atoms with Crippen molar-refractivity contribution in [1.29, 1.82) is 0 Å². The number of carbonyl (C=O) groups is 1. The highest BCUT2D eigenvalue weighted by molar-refractivity contribution is 7.22. The van der Waals surface area contributed by atoms with Gasteiger partial charge in [0.15, 0.2) is 10.8 Å². The molecule has 10 heteroatoms. The molecular formula is C21H27ClFN5O2S. The van der Waals surface area contributed by atoms with E-state index in [0.29, 0.717) is 42.6 Å². The van der Waals surface area contributed by atoms with Crippen LogP contribution in [-0.2, 0) is 4.74 Å². The third kappa shape index (κ3) is 5.06. The van der Waals surface area contributed by atoms with E-state index in [1.54, 1.807) is 17.0 Å². The number of aromatic nitrogens is 3. The highest BCUT2D eigenvalue weighted by Crippen LogP contribution is 2.31. The van der Waals surface area contributed by atoms with Crippen molar-refractivity contribution in [2.24, 2.45) is 0 Å². The third-order valence-corrected chi connectivity index (χ3v) is 6.25. The van der Waals surface area contributed by atoms with Crippen LogP contribution in [0.25, 0.3) is 10.2 Å². The fourth-order valence-corrected chi connectivity index (χ4v) is 4.63. The van der Waals surface area contributed by atoms with Crippen LogP contribution in [0.3, 0.4) is 0 Å². The number of amides is 1. The summed E-state index contributed by atoms with van der Waals surface area (Å²) in [7, 11) is 0. The topological polar surface area (TPSA) is 63.5 Å². The van der Waals surface area contributed by atoms with E-state index in [1.165, 1.54) is 17.4 Å². The largest absolute Gasteiger partial charge is 0.379 e. The monoisotopic (exact) mass is 467 g/mol. The molecule has 1 saturated heterocycles. The summed E-state index contributed by atoms with van der Waals surface area (Å²) < 4.78 is 22.2. The van der Waals surface area contributed by atoms with Crippen LogP contribution in [0.2, 0.25) is 0 Å². The number of carbonyl (C=O) groups excluding carboxylic acids is 1. The van der Waals surface area contributed by atoms with Gasteiger partial charge in [0.1, 0.15) is 11.3 Å². The van der Waals surface area contributed by atoms with E-state index in [1.807, 2.05) is 31.5 Å². The maximum Gasteiger partial charge on any atom is 0.280 e. The SMILES string of the molecule is Cc1cc(C(=O)N(CCN2CCOCC2)c2nc3c(F)cccc3s2)nn1C(C)C.Cl. The van der Waals surface area contributed by atoms with Crippen LogP contribution >= 0.6 is 23.7 Å². The first-order chi connectivity index (χ1) is 14.4. The van der Waals surface area contributed by atoms with Gasteiger partial charge in [0, 0.05) is 37.9 Å². The molecule has 1 aromatic carbocycles. The number of rotatable bonds is 6. The van der Waals surface area contributed by atoms with Gasteiger partial charge in [-0.25, -0.2) is 9.37 Å². The van der Waals surface area contributed by atoms with Crippen LogP contribution < -0.4 is 4.90 Å². The smallest absolute Gasteiger partial charge is 0.280 e. The Morgan fingerprint density at radius 3 is 2.71 bits per heavy atom. The molecule has 0 atom stereocenters. The van der Waals surface area contributed by atoms with Gasteiger partial charge in [-0.1, -0.05) is 17.4 Å². The number of ether oxygens (including phenoxy) is 1. The second-order valence-electron chi connectivity index (χ2n) is 7.70. The van der Waals surface area contributed by atoms with Crippen molar-refractivity contribution >= 4 is 45.0 Å². The second kappa shape index (κ2) is 10.0. The lowest BCUT2D eigenvalue weighted by molar-refractivity contribution is 0.0391. The summed E-state index contributed by atoms with van der Waals surface area (Å²) in [6, 6.07) is 6.83. The number of thiazole rings is 1. The maximum absolute atomic E-state index is 14.2. The molecule has 3 heterocycles. The van der Waals surface area contributed by atoms with Gasteiger partial charge in [0.25, 0.3) is 5.91 Å². The minimum absolute atomic E-state index is 0. The highest BCUT2D eigenvalue weighted by atomic mass is 35.5. The van der Waals surface area contributed by atoms with Crippen LogP contribution in [0.4, 0.5) is 9.52 Å². The summed E-state index contributed by atoms with van der Waals surface area (Å²) in [5.74, 6) is -0.597. The molecule has 0 N–H and O–H groups in total. The zero-order valence-electron chi connectivity index (χ0n) is 17.9. The first-order valence-corrected chi connectivity index (χ1v) is 11.0. The van der Waals surface area contributed by atoms with E-state index in [0.717, 1.165) is 23.5 Å². The lowest BCUT2D eigenvalue weighted by Crippen LogP contribution is -2.43. The van der Waals surface area contributed by atoms with Crippen LogP contribution in [0.15, 0.2) is 24.3 Å². The maximum atomic E-state index is 14.2. The van der Waals surface area contributed by atoms with E-state index in [4.69, 9.17) is 4.74 Å². The van der Waals surface area contributed by atoms with E-state index in [-0.39, 0.29) is 30.2 Å². The predicted octanol–water partition coefficient (Wildman–Crippen LogP) is 3.92. The van der Waals surface area contributed by atoms with Crippen molar-refractivity contribution in [3.63, 3.8) is 0 Å². The van der Waals surface area contributed by atoms with Gasteiger partial charge in [-0.2, -0.15) is 5.10 Å². The molecule has 1 aliphatic rings. The first-order valence-electron chi connectivity index (χ1n) is 10.2. The number of benzene rings is 1. The Labute approximate surface area is 191 Å².